The normalized spacial score (nSPS) is 13.4. The molecule has 0 bridgehead atoms. The number of imidazole rings is 1. The highest BCUT2D eigenvalue weighted by molar-refractivity contribution is 5.91. The molecule has 8 nitrogen and oxygen atoms in total. The summed E-state index contributed by atoms with van der Waals surface area (Å²) in [6.07, 6.45) is 7.35. The predicted molar refractivity (Wildman–Crippen MR) is 116 cm³/mol. The average molecular weight is 416 g/mol. The third-order valence-corrected chi connectivity index (χ3v) is 5.90. The molecule has 0 aliphatic heterocycles. The van der Waals surface area contributed by atoms with Crippen LogP contribution in [0.4, 0.5) is 5.69 Å². The van der Waals surface area contributed by atoms with Gasteiger partial charge in [0.1, 0.15) is 5.76 Å². The second kappa shape index (κ2) is 7.94. The molecule has 3 aromatic heterocycles. The Morgan fingerprint density at radius 2 is 1.94 bits per heavy atom. The largest absolute Gasteiger partial charge is 0.361 e. The van der Waals surface area contributed by atoms with Gasteiger partial charge in [-0.2, -0.15) is 5.10 Å². The number of nitrogens with one attached hydrogen (secondary N) is 1. The molecule has 3 heterocycles. The van der Waals surface area contributed by atoms with Crippen molar-refractivity contribution in [3.63, 3.8) is 0 Å². The fourth-order valence-electron chi connectivity index (χ4n) is 4.17. The van der Waals surface area contributed by atoms with Gasteiger partial charge in [0.05, 0.1) is 17.1 Å². The van der Waals surface area contributed by atoms with Crippen molar-refractivity contribution in [1.29, 1.82) is 0 Å². The number of fused-ring (bicyclic) bond motifs is 3. The molecule has 0 fully saturated rings. The molecule has 1 aliphatic rings. The lowest BCUT2D eigenvalue weighted by Crippen LogP contribution is -2.12. The summed E-state index contributed by atoms with van der Waals surface area (Å²) in [6.45, 7) is 3.76. The number of carbonyl (C=O) groups excluding carboxylic acids is 1. The van der Waals surface area contributed by atoms with Gasteiger partial charge in [0, 0.05) is 35.1 Å². The van der Waals surface area contributed by atoms with E-state index >= 15 is 0 Å². The van der Waals surface area contributed by atoms with E-state index in [0.717, 1.165) is 52.5 Å². The van der Waals surface area contributed by atoms with Gasteiger partial charge in [-0.25, -0.2) is 4.98 Å². The molecule has 0 unspecified atom stereocenters. The third-order valence-electron chi connectivity index (χ3n) is 5.90. The minimum atomic E-state index is -0.0395. The molecule has 158 valence electrons. The van der Waals surface area contributed by atoms with E-state index in [1.807, 2.05) is 44.3 Å². The molecule has 0 saturated heterocycles. The van der Waals surface area contributed by atoms with E-state index in [1.165, 1.54) is 18.5 Å². The van der Waals surface area contributed by atoms with E-state index in [2.05, 4.69) is 30.1 Å². The number of aryl methyl sites for hydroxylation is 4. The Hall–Kier alpha value is -3.55. The summed E-state index contributed by atoms with van der Waals surface area (Å²) in [7, 11) is 0. The summed E-state index contributed by atoms with van der Waals surface area (Å²) in [4.78, 5) is 17.0. The first-order valence-corrected chi connectivity index (χ1v) is 10.6. The van der Waals surface area contributed by atoms with Gasteiger partial charge < -0.3 is 9.84 Å². The smallest absolute Gasteiger partial charge is 0.254 e. The monoisotopic (exact) mass is 416 g/mol. The molecule has 4 aromatic rings. The Bertz CT molecular complexity index is 1240. The van der Waals surface area contributed by atoms with Crippen molar-refractivity contribution in [2.45, 2.75) is 52.4 Å². The Morgan fingerprint density at radius 1 is 1.13 bits per heavy atom. The lowest BCUT2D eigenvalue weighted by Gasteiger charge is -2.14. The molecule has 31 heavy (non-hydrogen) atoms. The van der Waals surface area contributed by atoms with E-state index in [0.29, 0.717) is 18.6 Å². The van der Waals surface area contributed by atoms with Crippen molar-refractivity contribution in [3.05, 3.63) is 58.9 Å². The molecular weight excluding hydrogens is 392 g/mol. The van der Waals surface area contributed by atoms with Gasteiger partial charge in [-0.05, 0) is 58.1 Å². The van der Waals surface area contributed by atoms with E-state index in [4.69, 9.17) is 4.52 Å². The van der Waals surface area contributed by atoms with Crippen LogP contribution in [0.15, 0.2) is 35.0 Å². The second-order valence-electron chi connectivity index (χ2n) is 8.02. The van der Waals surface area contributed by atoms with Crippen LogP contribution in [-0.2, 0) is 24.1 Å². The molecule has 0 radical (unpaired) electrons. The molecule has 1 amide bonds. The maximum atomic E-state index is 12.3. The van der Waals surface area contributed by atoms with Crippen molar-refractivity contribution in [3.8, 4) is 11.3 Å². The highest BCUT2D eigenvalue weighted by atomic mass is 16.5. The minimum Gasteiger partial charge on any atom is -0.361 e. The summed E-state index contributed by atoms with van der Waals surface area (Å²) in [5.41, 5.74) is 6.73. The lowest BCUT2D eigenvalue weighted by atomic mass is 10.0. The predicted octanol–water partition coefficient (Wildman–Crippen LogP) is 3.85. The molecular formula is C23H24N6O2. The number of rotatable bonds is 5. The fourth-order valence-corrected chi connectivity index (χ4v) is 4.17. The molecule has 1 aromatic carbocycles. The Morgan fingerprint density at radius 3 is 2.71 bits per heavy atom. The van der Waals surface area contributed by atoms with E-state index < -0.39 is 0 Å². The van der Waals surface area contributed by atoms with E-state index in [-0.39, 0.29) is 5.91 Å². The number of carbonyl (C=O) groups is 1. The molecule has 0 saturated carbocycles. The van der Waals surface area contributed by atoms with Gasteiger partial charge in [0.15, 0.2) is 0 Å². The van der Waals surface area contributed by atoms with Crippen LogP contribution in [0.2, 0.25) is 0 Å². The summed E-state index contributed by atoms with van der Waals surface area (Å²) >= 11 is 0. The summed E-state index contributed by atoms with van der Waals surface area (Å²) in [5, 5.41) is 15.5. The molecule has 1 N–H and O–H groups in total. The van der Waals surface area contributed by atoms with Crippen LogP contribution in [-0.4, -0.2) is 30.6 Å². The van der Waals surface area contributed by atoms with Crippen molar-refractivity contribution < 1.29 is 9.32 Å². The number of amides is 1. The standard InChI is InChI=1S/C23H24N6O2/c1-14-18(15(2)31-28-14)11-12-22(30)24-17-9-7-16(8-10-17)20-13-29-21-6-4-3-5-19(21)26-27-23(29)25-20/h7-10,13H,3-6,11-12H2,1-2H3,(H,24,30). The minimum absolute atomic E-state index is 0.0395. The van der Waals surface area contributed by atoms with Crippen LogP contribution in [0.5, 0.6) is 0 Å². The average Bonchev–Trinajstić information content (AvgIpc) is 3.36. The van der Waals surface area contributed by atoms with Crippen LogP contribution in [0.1, 0.15) is 47.7 Å². The van der Waals surface area contributed by atoms with Crippen molar-refractivity contribution in [2.75, 3.05) is 5.32 Å². The van der Waals surface area contributed by atoms with Gasteiger partial charge in [0.25, 0.3) is 5.78 Å². The molecule has 5 rings (SSSR count). The maximum absolute atomic E-state index is 12.3. The number of benzene rings is 1. The number of hydrogen-bond acceptors (Lipinski definition) is 6. The first-order valence-electron chi connectivity index (χ1n) is 10.6. The zero-order valence-corrected chi connectivity index (χ0v) is 17.7. The van der Waals surface area contributed by atoms with Gasteiger partial charge in [-0.3, -0.25) is 9.20 Å². The molecule has 8 heteroatoms. The Labute approximate surface area is 179 Å². The Balaban J connectivity index is 1.28. The summed E-state index contributed by atoms with van der Waals surface area (Å²) in [6, 6.07) is 7.72. The van der Waals surface area contributed by atoms with Crippen molar-refractivity contribution >= 4 is 17.4 Å². The summed E-state index contributed by atoms with van der Waals surface area (Å²) < 4.78 is 7.23. The van der Waals surface area contributed by atoms with Gasteiger partial charge in [-0.1, -0.05) is 17.3 Å². The molecule has 0 atom stereocenters. The Kier molecular flexibility index (Phi) is 4.97. The van der Waals surface area contributed by atoms with Gasteiger partial charge in [-0.15, -0.1) is 5.10 Å². The zero-order valence-electron chi connectivity index (χ0n) is 17.7. The van der Waals surface area contributed by atoms with Gasteiger partial charge >= 0.3 is 0 Å². The number of aromatic nitrogens is 5. The second-order valence-corrected chi connectivity index (χ2v) is 8.02. The van der Waals surface area contributed by atoms with Crippen molar-refractivity contribution in [2.24, 2.45) is 0 Å². The quantitative estimate of drug-likeness (QED) is 0.531. The molecule has 0 spiro atoms. The van der Waals surface area contributed by atoms with Crippen LogP contribution in [0.3, 0.4) is 0 Å². The summed E-state index contributed by atoms with van der Waals surface area (Å²) in [5.74, 6) is 1.36. The highest BCUT2D eigenvalue weighted by Gasteiger charge is 2.17. The number of anilines is 1. The highest BCUT2D eigenvalue weighted by Crippen LogP contribution is 2.25. The maximum Gasteiger partial charge on any atom is 0.254 e. The first kappa shape index (κ1) is 19.4. The van der Waals surface area contributed by atoms with Crippen LogP contribution in [0.25, 0.3) is 17.0 Å². The van der Waals surface area contributed by atoms with Crippen LogP contribution in [0, 0.1) is 13.8 Å². The van der Waals surface area contributed by atoms with Gasteiger partial charge in [0.2, 0.25) is 5.91 Å². The third kappa shape index (κ3) is 3.81. The number of nitrogens with zero attached hydrogens (tertiary/aromatic N) is 5. The van der Waals surface area contributed by atoms with Crippen molar-refractivity contribution in [1.82, 2.24) is 24.7 Å². The first-order chi connectivity index (χ1) is 15.1. The van der Waals surface area contributed by atoms with Crippen LogP contribution < -0.4 is 5.32 Å². The zero-order chi connectivity index (χ0) is 21.4. The van der Waals surface area contributed by atoms with E-state index in [9.17, 15) is 4.79 Å². The van der Waals surface area contributed by atoms with Crippen LogP contribution >= 0.6 is 0 Å². The lowest BCUT2D eigenvalue weighted by molar-refractivity contribution is -0.116. The fraction of sp³-hybridized carbons (Fsp3) is 0.348. The SMILES string of the molecule is Cc1noc(C)c1CCC(=O)Nc1ccc(-c2cn3c4c(nnc3n2)CCCC4)cc1. The topological polar surface area (TPSA) is 98.2 Å². The molecule has 1 aliphatic carbocycles. The number of hydrogen-bond donors (Lipinski definition) is 1. The van der Waals surface area contributed by atoms with E-state index in [1.54, 1.807) is 0 Å².